The van der Waals surface area contributed by atoms with E-state index in [1.807, 2.05) is 16.7 Å². The summed E-state index contributed by atoms with van der Waals surface area (Å²) in [7, 11) is -1.26. The van der Waals surface area contributed by atoms with Crippen molar-refractivity contribution in [1.29, 1.82) is 5.26 Å². The Morgan fingerprint density at radius 3 is 2.50 bits per heavy atom. The van der Waals surface area contributed by atoms with Gasteiger partial charge in [0.2, 0.25) is 5.91 Å². The molecule has 1 saturated carbocycles. The van der Waals surface area contributed by atoms with Gasteiger partial charge >= 0.3 is 0 Å². The fraction of sp³-hybridized carbons (Fsp3) is 0.576. The van der Waals surface area contributed by atoms with E-state index in [1.165, 1.54) is 0 Å². The summed E-state index contributed by atoms with van der Waals surface area (Å²) in [6, 6.07) is 6.76. The van der Waals surface area contributed by atoms with Crippen LogP contribution in [0.3, 0.4) is 0 Å². The molecule has 0 bridgehead atoms. The van der Waals surface area contributed by atoms with Crippen LogP contribution in [0.25, 0.3) is 22.6 Å². The molecule has 0 radical (unpaired) electrons. The van der Waals surface area contributed by atoms with E-state index in [4.69, 9.17) is 14.7 Å². The molecule has 0 unspecified atom stereocenters. The third-order valence-electron chi connectivity index (χ3n) is 8.56. The van der Waals surface area contributed by atoms with E-state index >= 15 is 0 Å². The molecule has 3 aromatic rings. The highest BCUT2D eigenvalue weighted by molar-refractivity contribution is 6.76. The van der Waals surface area contributed by atoms with Crippen LogP contribution in [0, 0.1) is 23.2 Å². The number of likely N-dealkylation sites (tertiary alicyclic amines) is 1. The lowest BCUT2D eigenvalue weighted by atomic mass is 9.87. The number of carbonyl (C=O) groups is 2. The molecule has 1 N–H and O–H groups in total. The number of ether oxygens (including phenoxy) is 1. The molecule has 5 rings (SSSR count). The molecule has 1 saturated heterocycles. The lowest BCUT2D eigenvalue weighted by molar-refractivity contribution is -0.135. The summed E-state index contributed by atoms with van der Waals surface area (Å²) in [6.07, 6.45) is 8.35. The predicted octanol–water partition coefficient (Wildman–Crippen LogP) is 5.37. The van der Waals surface area contributed by atoms with E-state index in [1.54, 1.807) is 23.5 Å². The summed E-state index contributed by atoms with van der Waals surface area (Å²) in [5.74, 6) is -0.315. The van der Waals surface area contributed by atoms with Gasteiger partial charge in [-0.15, -0.1) is 0 Å². The Balaban J connectivity index is 1.44. The number of nitriles is 1. The van der Waals surface area contributed by atoms with Crippen LogP contribution >= 0.6 is 0 Å². The standard InChI is InChI=1S/C33H45N7O3Si/c1-33(2,3)24-9-12-35-26(17-24)27-19-36-30-29(37-27)25(20-40(30)21-43-15-16-44(4,5)6)31(41)38-28(23-7-8-23)32(42)39-13-10-22(18-34)11-14-39/h9,12,17,19-20,22-23,28H,7-8,10-11,13-16,21H2,1-6H3,(H,38,41)/t28-/m1/s1. The van der Waals surface area contributed by atoms with Crippen molar-refractivity contribution in [3.05, 3.63) is 41.9 Å². The summed E-state index contributed by atoms with van der Waals surface area (Å²) in [6.45, 7) is 15.3. The summed E-state index contributed by atoms with van der Waals surface area (Å²) < 4.78 is 7.86. The second-order valence-corrected chi connectivity index (χ2v) is 20.1. The number of pyridine rings is 1. The normalized spacial score (nSPS) is 17.0. The number of piperidine rings is 1. The van der Waals surface area contributed by atoms with Crippen molar-refractivity contribution in [2.45, 2.75) is 90.3 Å². The van der Waals surface area contributed by atoms with Crippen LogP contribution in [0.5, 0.6) is 0 Å². The second-order valence-electron chi connectivity index (χ2n) is 14.5. The van der Waals surface area contributed by atoms with Gasteiger partial charge in [0.05, 0.1) is 23.5 Å². The number of fused-ring (bicyclic) bond motifs is 1. The lowest BCUT2D eigenvalue weighted by Gasteiger charge is -2.32. The van der Waals surface area contributed by atoms with Gasteiger partial charge in [-0.25, -0.2) is 9.97 Å². The van der Waals surface area contributed by atoms with Crippen LogP contribution in [0.4, 0.5) is 0 Å². The molecule has 1 aliphatic heterocycles. The van der Waals surface area contributed by atoms with Gasteiger partial charge < -0.3 is 19.5 Å². The van der Waals surface area contributed by atoms with Gasteiger partial charge in [-0.2, -0.15) is 5.26 Å². The highest BCUT2D eigenvalue weighted by Gasteiger charge is 2.40. The van der Waals surface area contributed by atoms with Gasteiger partial charge in [-0.05, 0) is 60.8 Å². The zero-order chi connectivity index (χ0) is 31.6. The molecule has 2 amide bonds. The van der Waals surface area contributed by atoms with Crippen LogP contribution in [0.15, 0.2) is 30.7 Å². The van der Waals surface area contributed by atoms with Crippen molar-refractivity contribution < 1.29 is 14.3 Å². The van der Waals surface area contributed by atoms with E-state index in [0.717, 1.165) is 24.4 Å². The zero-order valence-corrected chi connectivity index (χ0v) is 27.9. The van der Waals surface area contributed by atoms with Gasteiger partial charge in [0.1, 0.15) is 24.0 Å². The maximum atomic E-state index is 13.9. The smallest absolute Gasteiger partial charge is 0.255 e. The zero-order valence-electron chi connectivity index (χ0n) is 26.9. The number of hydrogen-bond acceptors (Lipinski definition) is 7. The van der Waals surface area contributed by atoms with Gasteiger partial charge in [-0.3, -0.25) is 14.6 Å². The fourth-order valence-corrected chi connectivity index (χ4v) is 6.23. The Bertz CT molecular complexity index is 1550. The minimum absolute atomic E-state index is 0.0153. The van der Waals surface area contributed by atoms with Crippen LogP contribution in [-0.4, -0.2) is 70.0 Å². The molecule has 3 aromatic heterocycles. The number of hydrogen-bond donors (Lipinski definition) is 1. The minimum Gasteiger partial charge on any atom is -0.361 e. The molecule has 1 atom stereocenters. The molecule has 2 aliphatic rings. The minimum atomic E-state index is -1.26. The number of aromatic nitrogens is 4. The van der Waals surface area contributed by atoms with E-state index < -0.39 is 14.1 Å². The molecule has 1 aliphatic carbocycles. The van der Waals surface area contributed by atoms with Crippen molar-refractivity contribution in [3.8, 4) is 17.5 Å². The van der Waals surface area contributed by atoms with Gasteiger partial charge in [0, 0.05) is 46.1 Å². The highest BCUT2D eigenvalue weighted by atomic mass is 28.3. The summed E-state index contributed by atoms with van der Waals surface area (Å²) in [5, 5.41) is 12.3. The Labute approximate surface area is 261 Å². The average Bonchev–Trinajstić information content (AvgIpc) is 3.77. The Morgan fingerprint density at radius 2 is 1.86 bits per heavy atom. The summed E-state index contributed by atoms with van der Waals surface area (Å²) in [5.41, 5.74) is 3.68. The third-order valence-corrected chi connectivity index (χ3v) is 10.3. The van der Waals surface area contributed by atoms with Crippen LogP contribution in [0.2, 0.25) is 25.7 Å². The molecule has 11 heteroatoms. The van der Waals surface area contributed by atoms with Crippen molar-refractivity contribution in [3.63, 3.8) is 0 Å². The first-order valence-electron chi connectivity index (χ1n) is 15.7. The molecule has 234 valence electrons. The monoisotopic (exact) mass is 615 g/mol. The first kappa shape index (κ1) is 31.8. The van der Waals surface area contributed by atoms with Gasteiger partial charge in [0.15, 0.2) is 5.65 Å². The largest absolute Gasteiger partial charge is 0.361 e. The van der Waals surface area contributed by atoms with Gasteiger partial charge in [0.25, 0.3) is 5.91 Å². The Hall–Kier alpha value is -3.62. The number of carbonyl (C=O) groups excluding carboxylic acids is 2. The first-order valence-corrected chi connectivity index (χ1v) is 19.4. The highest BCUT2D eigenvalue weighted by Crippen LogP contribution is 2.35. The Kier molecular flexibility index (Phi) is 9.23. The molecular weight excluding hydrogens is 570 g/mol. The van der Waals surface area contributed by atoms with Crippen LogP contribution in [0.1, 0.15) is 62.4 Å². The fourth-order valence-electron chi connectivity index (χ4n) is 5.47. The van der Waals surface area contributed by atoms with Gasteiger partial charge in [-0.1, -0.05) is 40.4 Å². The molecule has 4 heterocycles. The number of rotatable bonds is 10. The van der Waals surface area contributed by atoms with Crippen molar-refractivity contribution in [2.24, 2.45) is 11.8 Å². The molecule has 44 heavy (non-hydrogen) atoms. The lowest BCUT2D eigenvalue weighted by Crippen LogP contribution is -2.51. The third kappa shape index (κ3) is 7.53. The SMILES string of the molecule is CC(C)(C)c1ccnc(-c2cnc3c(n2)c(C(=O)N[C@@H](C(=O)N2CCC(C#N)CC2)C2CC2)cn3COCC[Si](C)(C)C)c1. The second kappa shape index (κ2) is 12.8. The molecule has 2 fully saturated rings. The maximum absolute atomic E-state index is 13.9. The Morgan fingerprint density at radius 1 is 1.14 bits per heavy atom. The van der Waals surface area contributed by atoms with E-state index in [-0.39, 0.29) is 35.8 Å². The molecule has 10 nitrogen and oxygen atoms in total. The maximum Gasteiger partial charge on any atom is 0.255 e. The molecule has 0 aromatic carbocycles. The summed E-state index contributed by atoms with van der Waals surface area (Å²) >= 11 is 0. The van der Waals surface area contributed by atoms with E-state index in [0.29, 0.717) is 60.7 Å². The van der Waals surface area contributed by atoms with E-state index in [2.05, 4.69) is 56.8 Å². The number of nitrogens with zero attached hydrogens (tertiary/aromatic N) is 6. The van der Waals surface area contributed by atoms with Crippen LogP contribution < -0.4 is 5.32 Å². The quantitative estimate of drug-likeness (QED) is 0.240. The number of nitrogens with one attached hydrogen (secondary N) is 1. The van der Waals surface area contributed by atoms with E-state index in [9.17, 15) is 14.9 Å². The van der Waals surface area contributed by atoms with Crippen molar-refractivity contribution >= 4 is 31.1 Å². The number of amides is 2. The average molecular weight is 616 g/mol. The first-order chi connectivity index (χ1) is 20.8. The van der Waals surface area contributed by atoms with Crippen molar-refractivity contribution in [2.75, 3.05) is 19.7 Å². The van der Waals surface area contributed by atoms with Crippen molar-refractivity contribution in [1.82, 2.24) is 29.7 Å². The summed E-state index contributed by atoms with van der Waals surface area (Å²) in [4.78, 5) is 43.5. The molecule has 0 spiro atoms. The molecular formula is C33H45N7O3Si. The predicted molar refractivity (Wildman–Crippen MR) is 172 cm³/mol. The van der Waals surface area contributed by atoms with Crippen LogP contribution in [-0.2, 0) is 21.7 Å². The topological polar surface area (TPSA) is 126 Å².